The Balaban J connectivity index is 1.83. The Labute approximate surface area is 193 Å². The monoisotopic (exact) mass is 540 g/mol. The third-order valence-corrected chi connectivity index (χ3v) is 6.50. The van der Waals surface area contributed by atoms with Crippen molar-refractivity contribution in [1.29, 1.82) is 0 Å². The van der Waals surface area contributed by atoms with E-state index in [4.69, 9.17) is 4.74 Å². The van der Waals surface area contributed by atoms with Gasteiger partial charge in [0.25, 0.3) is 5.91 Å². The van der Waals surface area contributed by atoms with Gasteiger partial charge in [-0.15, -0.1) is 0 Å². The molecule has 0 aliphatic heterocycles. The predicted molar refractivity (Wildman–Crippen MR) is 124 cm³/mol. The van der Waals surface area contributed by atoms with Crippen LogP contribution in [0.25, 0.3) is 0 Å². The summed E-state index contributed by atoms with van der Waals surface area (Å²) in [7, 11) is 1.44. The molecule has 1 saturated carbocycles. The molecule has 3 rings (SSSR count). The summed E-state index contributed by atoms with van der Waals surface area (Å²) in [5.74, 6) is -0.0761. The molecular weight excluding hydrogens is 516 g/mol. The molecule has 1 aliphatic rings. The lowest BCUT2D eigenvalue weighted by Gasteiger charge is -2.30. The molecule has 1 amide bonds. The number of aliphatic hydroxyl groups excluding tert-OH is 1. The van der Waals surface area contributed by atoms with Gasteiger partial charge in [0.15, 0.2) is 11.5 Å². The quantitative estimate of drug-likeness (QED) is 0.407. The predicted octanol–water partition coefficient (Wildman–Crippen LogP) is 5.13. The Bertz CT molecular complexity index is 914. The number of carbonyl (C=O) groups is 1. The van der Waals surface area contributed by atoms with Crippen molar-refractivity contribution in [2.75, 3.05) is 12.4 Å². The third kappa shape index (κ3) is 5.55. The van der Waals surface area contributed by atoms with E-state index in [1.165, 1.54) is 19.2 Å². The maximum atomic E-state index is 12.9. The minimum atomic E-state index is -0.300. The fourth-order valence-corrected chi connectivity index (χ4v) is 5.11. The van der Waals surface area contributed by atoms with Crippen LogP contribution in [0.3, 0.4) is 0 Å². The van der Waals surface area contributed by atoms with E-state index in [9.17, 15) is 15.0 Å². The maximum absolute atomic E-state index is 12.9. The van der Waals surface area contributed by atoms with Crippen LogP contribution in [-0.2, 0) is 0 Å². The molecule has 2 aromatic rings. The van der Waals surface area contributed by atoms with Crippen LogP contribution in [0.5, 0.6) is 11.5 Å². The average Bonchev–Trinajstić information content (AvgIpc) is 2.71. The van der Waals surface area contributed by atoms with Gasteiger partial charge in [0.1, 0.15) is 0 Å². The molecule has 1 unspecified atom stereocenters. The summed E-state index contributed by atoms with van der Waals surface area (Å²) in [6, 6.07) is 8.69. The number of aromatic hydroxyl groups is 1. The standard InChI is InChI=1S/C22H26Br2N2O4/c1-12(25-15-4-6-16(27)7-5-15)17-10-14(23)11-18(24)21(17)26-22(29)13-3-8-19(28)20(9-13)30-2/h3,8-12,15-16,25,27-28H,4-7H2,1-2H3,(H,26,29). The summed E-state index contributed by atoms with van der Waals surface area (Å²) in [6.45, 7) is 2.07. The lowest BCUT2D eigenvalue weighted by molar-refractivity contribution is 0.102. The van der Waals surface area contributed by atoms with E-state index in [1.807, 2.05) is 12.1 Å². The maximum Gasteiger partial charge on any atom is 0.255 e. The van der Waals surface area contributed by atoms with Crippen LogP contribution < -0.4 is 15.4 Å². The molecule has 162 valence electrons. The lowest BCUT2D eigenvalue weighted by Crippen LogP contribution is -2.36. The topological polar surface area (TPSA) is 90.8 Å². The Kier molecular flexibility index (Phi) is 7.79. The molecule has 1 fully saturated rings. The molecule has 4 N–H and O–H groups in total. The van der Waals surface area contributed by atoms with E-state index in [-0.39, 0.29) is 29.6 Å². The van der Waals surface area contributed by atoms with Crippen molar-refractivity contribution in [2.24, 2.45) is 0 Å². The minimum Gasteiger partial charge on any atom is -0.504 e. The van der Waals surface area contributed by atoms with Crippen molar-refractivity contribution < 1.29 is 19.7 Å². The summed E-state index contributed by atoms with van der Waals surface area (Å²) < 4.78 is 6.77. The second kappa shape index (κ2) is 10.1. The first-order valence-electron chi connectivity index (χ1n) is 9.90. The number of hydrogen-bond donors (Lipinski definition) is 4. The van der Waals surface area contributed by atoms with Crippen LogP contribution in [0, 0.1) is 0 Å². The van der Waals surface area contributed by atoms with Gasteiger partial charge >= 0.3 is 0 Å². The van der Waals surface area contributed by atoms with Crippen LogP contribution >= 0.6 is 31.9 Å². The summed E-state index contributed by atoms with van der Waals surface area (Å²) >= 11 is 7.11. The summed E-state index contributed by atoms with van der Waals surface area (Å²) in [4.78, 5) is 12.9. The number of aliphatic hydroxyl groups is 1. The van der Waals surface area contributed by atoms with Crippen molar-refractivity contribution in [2.45, 2.75) is 50.8 Å². The highest BCUT2D eigenvalue weighted by Gasteiger charge is 2.23. The molecule has 0 radical (unpaired) electrons. The van der Waals surface area contributed by atoms with Gasteiger partial charge in [-0.1, -0.05) is 15.9 Å². The zero-order valence-electron chi connectivity index (χ0n) is 16.9. The zero-order valence-corrected chi connectivity index (χ0v) is 20.1. The molecule has 0 heterocycles. The van der Waals surface area contributed by atoms with Gasteiger partial charge in [-0.25, -0.2) is 0 Å². The van der Waals surface area contributed by atoms with Gasteiger partial charge in [-0.05, 0) is 84.4 Å². The number of halogens is 2. The molecular formula is C22H26Br2N2O4. The van der Waals surface area contributed by atoms with E-state index in [0.29, 0.717) is 17.3 Å². The molecule has 0 aromatic heterocycles. The molecule has 2 aromatic carbocycles. The number of nitrogens with one attached hydrogen (secondary N) is 2. The van der Waals surface area contributed by atoms with Crippen molar-refractivity contribution in [3.8, 4) is 11.5 Å². The molecule has 8 heteroatoms. The van der Waals surface area contributed by atoms with Gasteiger partial charge in [-0.3, -0.25) is 4.79 Å². The Hall–Kier alpha value is -1.61. The van der Waals surface area contributed by atoms with Crippen LogP contribution in [0.2, 0.25) is 0 Å². The van der Waals surface area contributed by atoms with Crippen LogP contribution in [0.4, 0.5) is 5.69 Å². The number of anilines is 1. The first kappa shape index (κ1) is 23.1. The number of phenolic OH excluding ortho intramolecular Hbond substituents is 1. The molecule has 0 bridgehead atoms. The van der Waals surface area contributed by atoms with E-state index in [0.717, 1.165) is 40.2 Å². The Morgan fingerprint density at radius 2 is 1.87 bits per heavy atom. The highest BCUT2D eigenvalue weighted by Crippen LogP contribution is 2.36. The molecule has 6 nitrogen and oxygen atoms in total. The Morgan fingerprint density at radius 1 is 1.17 bits per heavy atom. The van der Waals surface area contributed by atoms with Gasteiger partial charge in [0, 0.05) is 26.6 Å². The van der Waals surface area contributed by atoms with Gasteiger partial charge in [0.2, 0.25) is 0 Å². The summed E-state index contributed by atoms with van der Waals surface area (Å²) in [6.07, 6.45) is 3.26. The number of phenols is 1. The number of amides is 1. The van der Waals surface area contributed by atoms with Crippen molar-refractivity contribution in [3.63, 3.8) is 0 Å². The molecule has 30 heavy (non-hydrogen) atoms. The summed E-state index contributed by atoms with van der Waals surface area (Å²) in [5.41, 5.74) is 2.01. The lowest BCUT2D eigenvalue weighted by atomic mass is 9.92. The largest absolute Gasteiger partial charge is 0.504 e. The van der Waals surface area contributed by atoms with E-state index in [2.05, 4.69) is 49.4 Å². The van der Waals surface area contributed by atoms with Crippen molar-refractivity contribution in [3.05, 3.63) is 50.4 Å². The third-order valence-electron chi connectivity index (χ3n) is 5.41. The first-order valence-corrected chi connectivity index (χ1v) is 11.5. The Morgan fingerprint density at radius 3 is 2.53 bits per heavy atom. The van der Waals surface area contributed by atoms with Crippen molar-refractivity contribution in [1.82, 2.24) is 5.32 Å². The van der Waals surface area contributed by atoms with Crippen LogP contribution in [0.1, 0.15) is 54.6 Å². The fraction of sp³-hybridized carbons (Fsp3) is 0.409. The molecule has 0 spiro atoms. The second-order valence-corrected chi connectivity index (χ2v) is 9.36. The van der Waals surface area contributed by atoms with Gasteiger partial charge in [0.05, 0.1) is 18.9 Å². The SMILES string of the molecule is COc1cc(C(=O)Nc2c(Br)cc(Br)cc2C(C)NC2CCC(O)CC2)ccc1O. The highest BCUT2D eigenvalue weighted by atomic mass is 79.9. The average molecular weight is 542 g/mol. The first-order chi connectivity index (χ1) is 14.3. The zero-order chi connectivity index (χ0) is 21.8. The number of hydrogen-bond acceptors (Lipinski definition) is 5. The smallest absolute Gasteiger partial charge is 0.255 e. The number of methoxy groups -OCH3 is 1. The number of ether oxygens (including phenoxy) is 1. The van der Waals surface area contributed by atoms with Gasteiger partial charge in [-0.2, -0.15) is 0 Å². The fourth-order valence-electron chi connectivity index (χ4n) is 3.76. The number of carbonyl (C=O) groups excluding carboxylic acids is 1. The van der Waals surface area contributed by atoms with Crippen LogP contribution in [0.15, 0.2) is 39.3 Å². The van der Waals surface area contributed by atoms with Crippen molar-refractivity contribution >= 4 is 43.5 Å². The van der Waals surface area contributed by atoms with E-state index >= 15 is 0 Å². The highest BCUT2D eigenvalue weighted by molar-refractivity contribution is 9.11. The molecule has 1 aliphatic carbocycles. The number of rotatable bonds is 6. The number of benzene rings is 2. The van der Waals surface area contributed by atoms with Gasteiger partial charge < -0.3 is 25.6 Å². The van der Waals surface area contributed by atoms with E-state index < -0.39 is 0 Å². The molecule has 1 atom stereocenters. The van der Waals surface area contributed by atoms with E-state index in [1.54, 1.807) is 6.07 Å². The minimum absolute atomic E-state index is 0.0105. The normalized spacial score (nSPS) is 19.9. The summed E-state index contributed by atoms with van der Waals surface area (Å²) in [5, 5.41) is 26.1. The van der Waals surface area contributed by atoms with Crippen LogP contribution in [-0.4, -0.2) is 35.4 Å². The second-order valence-electron chi connectivity index (χ2n) is 7.59. The molecule has 0 saturated heterocycles.